The Kier molecular flexibility index (Phi) is 9.70. The van der Waals surface area contributed by atoms with Crippen molar-refractivity contribution < 1.29 is 32.3 Å². The van der Waals surface area contributed by atoms with Crippen molar-refractivity contribution in [1.82, 2.24) is 15.4 Å². The van der Waals surface area contributed by atoms with E-state index in [1.54, 1.807) is 41.9 Å². The van der Waals surface area contributed by atoms with Crippen molar-refractivity contribution >= 4 is 22.5 Å². The van der Waals surface area contributed by atoms with Gasteiger partial charge in [0.25, 0.3) is 0 Å². The van der Waals surface area contributed by atoms with E-state index in [9.17, 15) is 23.2 Å². The van der Waals surface area contributed by atoms with Gasteiger partial charge in [-0.2, -0.15) is 0 Å². The van der Waals surface area contributed by atoms with Gasteiger partial charge in [0.2, 0.25) is 5.91 Å². The van der Waals surface area contributed by atoms with Crippen molar-refractivity contribution in [2.75, 3.05) is 45.7 Å². The zero-order chi connectivity index (χ0) is 29.7. The van der Waals surface area contributed by atoms with Crippen molar-refractivity contribution in [3.8, 4) is 5.75 Å². The summed E-state index contributed by atoms with van der Waals surface area (Å²) in [7, 11) is 5.18. The van der Waals surface area contributed by atoms with E-state index in [1.807, 2.05) is 14.1 Å². The number of anilines is 1. The number of nitrogens with zero attached hydrogens (tertiary/aromatic N) is 3. The molecule has 1 aliphatic heterocycles. The van der Waals surface area contributed by atoms with Crippen LogP contribution in [0.1, 0.15) is 49.4 Å². The van der Waals surface area contributed by atoms with Crippen LogP contribution in [0, 0.1) is 22.9 Å². The Balaban J connectivity index is 1.43. The van der Waals surface area contributed by atoms with E-state index in [1.165, 1.54) is 0 Å². The molecule has 0 unspecified atom stereocenters. The number of fused-ring (bicyclic) bond motifs is 1. The number of pyridine rings is 1. The fraction of sp³-hybridized carbons (Fsp3) is 0.467. The number of amides is 1. The highest BCUT2D eigenvalue weighted by Crippen LogP contribution is 2.43. The number of nitrogens with one attached hydrogen (secondary N) is 1. The summed E-state index contributed by atoms with van der Waals surface area (Å²) in [6.07, 6.45) is 2.31. The average molecular weight is 577 g/mol. The molecule has 0 aliphatic carbocycles. The molecule has 2 heterocycles. The van der Waals surface area contributed by atoms with Gasteiger partial charge in [-0.1, -0.05) is 0 Å². The lowest BCUT2D eigenvalue weighted by Crippen LogP contribution is -2.48. The van der Waals surface area contributed by atoms with Crippen LogP contribution in [0.25, 0.3) is 10.9 Å². The summed E-state index contributed by atoms with van der Waals surface area (Å²) in [5.74, 6) is -3.84. The number of likely N-dealkylation sites (tertiary alicyclic amines) is 1. The number of hydrogen-bond acceptors (Lipinski definition) is 6. The number of hydroxylamine groups is 1. The van der Waals surface area contributed by atoms with Gasteiger partial charge < -0.3 is 14.5 Å². The second kappa shape index (κ2) is 13.0. The van der Waals surface area contributed by atoms with Crippen LogP contribution < -0.4 is 15.1 Å². The smallest absolute Gasteiger partial charge is 0.249 e. The maximum atomic E-state index is 16.1. The Morgan fingerprint density at radius 1 is 1.17 bits per heavy atom. The van der Waals surface area contributed by atoms with Crippen LogP contribution >= 0.6 is 0 Å². The molecular formula is C30H36F4N4O3. The van der Waals surface area contributed by atoms with Gasteiger partial charge >= 0.3 is 0 Å². The second-order valence-electron chi connectivity index (χ2n) is 10.9. The van der Waals surface area contributed by atoms with Crippen molar-refractivity contribution in [2.24, 2.45) is 5.41 Å². The standard InChI is InChI=1S/C30H36F4N4O3/c1-37(2)26-18-35-25-7-6-20(41-3)17-21(25)27(26)22(31)8-9-30(29(39)36-40)10-13-38(14-11-30)12-4-5-19-15-23(32)28(34)24(33)16-19/h6-7,15-18,22,40H,4-5,8-14H2,1-3H3,(H,36,39)/t22-/m1/s1. The van der Waals surface area contributed by atoms with E-state index in [0.717, 1.165) is 12.1 Å². The number of methoxy groups -OCH3 is 1. The molecule has 1 aromatic heterocycles. The Morgan fingerprint density at radius 2 is 1.85 bits per heavy atom. The lowest BCUT2D eigenvalue weighted by molar-refractivity contribution is -0.143. The van der Waals surface area contributed by atoms with Crippen molar-refractivity contribution in [3.05, 3.63) is 65.1 Å². The van der Waals surface area contributed by atoms with Crippen molar-refractivity contribution in [1.29, 1.82) is 0 Å². The molecule has 1 saturated heterocycles. The van der Waals surface area contributed by atoms with E-state index in [2.05, 4.69) is 9.88 Å². The number of aromatic nitrogens is 1. The lowest BCUT2D eigenvalue weighted by atomic mass is 9.73. The molecule has 1 aliphatic rings. The number of rotatable bonds is 11. The molecule has 2 N–H and O–H groups in total. The SMILES string of the molecule is COc1ccc2ncc(N(C)C)c([C@H](F)CCC3(C(=O)NO)CCN(CCCc4cc(F)c(F)c(F)c4)CC3)c2c1. The zero-order valence-electron chi connectivity index (χ0n) is 23.5. The van der Waals surface area contributed by atoms with Crippen LogP contribution in [0.4, 0.5) is 23.2 Å². The average Bonchev–Trinajstić information content (AvgIpc) is 2.97. The monoisotopic (exact) mass is 576 g/mol. The van der Waals surface area contributed by atoms with Gasteiger partial charge in [0.1, 0.15) is 11.9 Å². The third-order valence-electron chi connectivity index (χ3n) is 8.15. The first-order chi connectivity index (χ1) is 19.6. The van der Waals surface area contributed by atoms with Crippen LogP contribution in [0.15, 0.2) is 36.5 Å². The summed E-state index contributed by atoms with van der Waals surface area (Å²) in [5, 5.41) is 10.2. The summed E-state index contributed by atoms with van der Waals surface area (Å²) < 4.78 is 61.7. The van der Waals surface area contributed by atoms with Gasteiger partial charge in [-0.15, -0.1) is 0 Å². The first kappa shape index (κ1) is 30.5. The van der Waals surface area contributed by atoms with Crippen LogP contribution in [0.5, 0.6) is 5.75 Å². The van der Waals surface area contributed by atoms with E-state index in [-0.39, 0.29) is 12.8 Å². The predicted molar refractivity (Wildman–Crippen MR) is 148 cm³/mol. The molecule has 4 rings (SSSR count). The maximum Gasteiger partial charge on any atom is 0.249 e. The fourth-order valence-electron chi connectivity index (χ4n) is 5.71. The van der Waals surface area contributed by atoms with Gasteiger partial charge in [0.15, 0.2) is 17.5 Å². The molecule has 3 aromatic rings. The highest BCUT2D eigenvalue weighted by atomic mass is 19.2. The number of aryl methyl sites for hydroxylation is 1. The molecular weight excluding hydrogens is 540 g/mol. The molecule has 1 amide bonds. The Bertz CT molecular complexity index is 1360. The van der Waals surface area contributed by atoms with Crippen LogP contribution in [0.3, 0.4) is 0 Å². The Morgan fingerprint density at radius 3 is 2.46 bits per heavy atom. The quantitative estimate of drug-likeness (QED) is 0.131. The summed E-state index contributed by atoms with van der Waals surface area (Å²) in [5.41, 5.74) is 2.97. The number of benzene rings is 2. The number of alkyl halides is 1. The first-order valence-electron chi connectivity index (χ1n) is 13.7. The molecule has 0 bridgehead atoms. The van der Waals surface area contributed by atoms with E-state index >= 15 is 4.39 Å². The largest absolute Gasteiger partial charge is 0.497 e. The molecule has 222 valence electrons. The summed E-state index contributed by atoms with van der Waals surface area (Å²) in [6.45, 7) is 1.68. The minimum Gasteiger partial charge on any atom is -0.497 e. The minimum atomic E-state index is -1.48. The summed E-state index contributed by atoms with van der Waals surface area (Å²) in [6, 6.07) is 7.32. The van der Waals surface area contributed by atoms with Crippen LogP contribution in [-0.2, 0) is 11.2 Å². The summed E-state index contributed by atoms with van der Waals surface area (Å²) >= 11 is 0. The maximum absolute atomic E-state index is 16.1. The molecule has 0 spiro atoms. The topological polar surface area (TPSA) is 77.9 Å². The van der Waals surface area contributed by atoms with Gasteiger partial charge in [0.05, 0.1) is 29.9 Å². The third kappa shape index (κ3) is 6.73. The van der Waals surface area contributed by atoms with E-state index in [0.29, 0.717) is 78.8 Å². The molecule has 0 saturated carbocycles. The molecule has 2 aromatic carbocycles. The van der Waals surface area contributed by atoms with Gasteiger partial charge in [-0.3, -0.25) is 15.0 Å². The number of piperidine rings is 1. The first-order valence-corrected chi connectivity index (χ1v) is 13.7. The molecule has 0 radical (unpaired) electrons. The number of carbonyl (C=O) groups is 1. The lowest BCUT2D eigenvalue weighted by Gasteiger charge is -2.40. The second-order valence-corrected chi connectivity index (χ2v) is 10.9. The van der Waals surface area contributed by atoms with Crippen LogP contribution in [-0.4, -0.2) is 61.8 Å². The molecule has 7 nitrogen and oxygen atoms in total. The predicted octanol–water partition coefficient (Wildman–Crippen LogP) is 5.74. The van der Waals surface area contributed by atoms with E-state index in [4.69, 9.17) is 4.74 Å². The van der Waals surface area contributed by atoms with Gasteiger partial charge in [0, 0.05) is 25.0 Å². The Labute approximate surface area is 237 Å². The van der Waals surface area contributed by atoms with Gasteiger partial charge in [-0.05, 0) is 94.1 Å². The highest BCUT2D eigenvalue weighted by Gasteiger charge is 2.41. The molecule has 1 atom stereocenters. The fourth-order valence-corrected chi connectivity index (χ4v) is 5.71. The number of hydrogen-bond donors (Lipinski definition) is 2. The van der Waals surface area contributed by atoms with Crippen LogP contribution in [0.2, 0.25) is 0 Å². The van der Waals surface area contributed by atoms with Crippen molar-refractivity contribution in [3.63, 3.8) is 0 Å². The number of halogens is 4. The molecule has 11 heteroatoms. The van der Waals surface area contributed by atoms with Crippen molar-refractivity contribution in [2.45, 2.75) is 44.7 Å². The highest BCUT2D eigenvalue weighted by molar-refractivity contribution is 5.88. The summed E-state index contributed by atoms with van der Waals surface area (Å²) in [4.78, 5) is 21.3. The minimum absolute atomic E-state index is 0.0618. The number of ether oxygens (including phenoxy) is 1. The number of carbonyl (C=O) groups excluding carboxylic acids is 1. The third-order valence-corrected chi connectivity index (χ3v) is 8.15. The van der Waals surface area contributed by atoms with E-state index < -0.39 is 34.9 Å². The molecule has 41 heavy (non-hydrogen) atoms. The normalized spacial score (nSPS) is 16.0. The Hall–Kier alpha value is -3.44. The zero-order valence-corrected chi connectivity index (χ0v) is 23.5. The van der Waals surface area contributed by atoms with Gasteiger partial charge in [-0.25, -0.2) is 23.0 Å². The molecule has 1 fully saturated rings.